The van der Waals surface area contributed by atoms with Gasteiger partial charge in [0, 0.05) is 6.07 Å². The van der Waals surface area contributed by atoms with Crippen LogP contribution in [0, 0.1) is 0 Å². The van der Waals surface area contributed by atoms with E-state index in [1.54, 1.807) is 32.4 Å². The highest BCUT2D eigenvalue weighted by molar-refractivity contribution is 6.16. The van der Waals surface area contributed by atoms with E-state index in [-0.39, 0.29) is 5.88 Å². The Kier molecular flexibility index (Phi) is 3.43. The van der Waals surface area contributed by atoms with Crippen molar-refractivity contribution in [3.05, 3.63) is 24.0 Å². The molecule has 17 heavy (non-hydrogen) atoms. The first-order chi connectivity index (χ1) is 8.30. The van der Waals surface area contributed by atoms with Crippen LogP contribution >= 0.6 is 11.6 Å². The third kappa shape index (κ3) is 2.16. The molecule has 0 saturated carbocycles. The standard InChI is InChI=1S/C10H11ClN4O2/c1-16-7-3-4-9(17-2)8(5-7)15-10(6-11)12-13-14-15/h3-5H,6H2,1-2H3. The van der Waals surface area contributed by atoms with E-state index in [1.807, 2.05) is 0 Å². The van der Waals surface area contributed by atoms with Gasteiger partial charge in [0.1, 0.15) is 17.2 Å². The summed E-state index contributed by atoms with van der Waals surface area (Å²) in [5.41, 5.74) is 0.688. The van der Waals surface area contributed by atoms with Crippen molar-refractivity contribution < 1.29 is 9.47 Å². The summed E-state index contributed by atoms with van der Waals surface area (Å²) < 4.78 is 11.9. The minimum Gasteiger partial charge on any atom is -0.497 e. The van der Waals surface area contributed by atoms with Crippen LogP contribution in [0.25, 0.3) is 5.69 Å². The molecule has 0 unspecified atom stereocenters. The Morgan fingerprint density at radius 2 is 2.12 bits per heavy atom. The number of hydrogen-bond donors (Lipinski definition) is 0. The third-order valence-corrected chi connectivity index (χ3v) is 2.51. The average Bonchev–Trinajstić information content (AvgIpc) is 2.86. The van der Waals surface area contributed by atoms with Gasteiger partial charge in [-0.1, -0.05) is 0 Å². The van der Waals surface area contributed by atoms with Crippen LogP contribution in [0.15, 0.2) is 18.2 Å². The fourth-order valence-corrected chi connectivity index (χ4v) is 1.61. The van der Waals surface area contributed by atoms with E-state index in [0.29, 0.717) is 23.0 Å². The maximum atomic E-state index is 5.76. The molecule has 0 aliphatic rings. The van der Waals surface area contributed by atoms with Crippen LogP contribution in [0.3, 0.4) is 0 Å². The highest BCUT2D eigenvalue weighted by Gasteiger charge is 2.13. The lowest BCUT2D eigenvalue weighted by Gasteiger charge is -2.10. The molecule has 2 rings (SSSR count). The zero-order chi connectivity index (χ0) is 12.3. The van der Waals surface area contributed by atoms with E-state index in [4.69, 9.17) is 21.1 Å². The van der Waals surface area contributed by atoms with E-state index >= 15 is 0 Å². The van der Waals surface area contributed by atoms with Gasteiger partial charge in [0.2, 0.25) is 0 Å². The first-order valence-electron chi connectivity index (χ1n) is 4.85. The van der Waals surface area contributed by atoms with E-state index < -0.39 is 0 Å². The molecule has 1 aromatic heterocycles. The van der Waals surface area contributed by atoms with Crippen LogP contribution in [0.1, 0.15) is 5.82 Å². The average molecular weight is 255 g/mol. The number of halogens is 1. The summed E-state index contributed by atoms with van der Waals surface area (Å²) in [7, 11) is 3.17. The quantitative estimate of drug-likeness (QED) is 0.772. The van der Waals surface area contributed by atoms with Gasteiger partial charge in [-0.3, -0.25) is 0 Å². The Morgan fingerprint density at radius 3 is 2.76 bits per heavy atom. The van der Waals surface area contributed by atoms with Gasteiger partial charge in [0.25, 0.3) is 0 Å². The lowest BCUT2D eigenvalue weighted by atomic mass is 10.2. The number of tetrazole rings is 1. The molecular weight excluding hydrogens is 244 g/mol. The maximum Gasteiger partial charge on any atom is 0.171 e. The monoisotopic (exact) mass is 254 g/mol. The second-order valence-corrected chi connectivity index (χ2v) is 3.45. The van der Waals surface area contributed by atoms with E-state index in [1.165, 1.54) is 4.68 Å². The fourth-order valence-electron chi connectivity index (χ4n) is 1.44. The van der Waals surface area contributed by atoms with E-state index in [0.717, 1.165) is 0 Å². The zero-order valence-electron chi connectivity index (χ0n) is 9.42. The van der Waals surface area contributed by atoms with Gasteiger partial charge in [0.05, 0.1) is 20.1 Å². The summed E-state index contributed by atoms with van der Waals surface area (Å²) >= 11 is 5.76. The Bertz CT molecular complexity index is 515. The molecule has 90 valence electrons. The minimum absolute atomic E-state index is 0.216. The van der Waals surface area contributed by atoms with Crippen LogP contribution in [0.2, 0.25) is 0 Å². The number of benzene rings is 1. The maximum absolute atomic E-state index is 5.76. The van der Waals surface area contributed by atoms with Crippen LogP contribution in [0.5, 0.6) is 11.5 Å². The molecule has 0 bridgehead atoms. The molecule has 0 aliphatic carbocycles. The number of methoxy groups -OCH3 is 2. The highest BCUT2D eigenvalue weighted by atomic mass is 35.5. The molecule has 0 radical (unpaired) electrons. The molecule has 0 fully saturated rings. The molecule has 2 aromatic rings. The first-order valence-corrected chi connectivity index (χ1v) is 5.39. The van der Waals surface area contributed by atoms with Gasteiger partial charge >= 0.3 is 0 Å². The van der Waals surface area contributed by atoms with Crippen molar-refractivity contribution in [3.63, 3.8) is 0 Å². The van der Waals surface area contributed by atoms with Crippen molar-refractivity contribution in [2.24, 2.45) is 0 Å². The number of hydrogen-bond acceptors (Lipinski definition) is 5. The predicted octanol–water partition coefficient (Wildman–Crippen LogP) is 1.42. The molecule has 0 N–H and O–H groups in total. The number of ether oxygens (including phenoxy) is 2. The van der Waals surface area contributed by atoms with Crippen LogP contribution < -0.4 is 9.47 Å². The third-order valence-electron chi connectivity index (χ3n) is 2.27. The van der Waals surface area contributed by atoms with Gasteiger partial charge < -0.3 is 9.47 Å². The number of aromatic nitrogens is 4. The summed E-state index contributed by atoms with van der Waals surface area (Å²) in [5, 5.41) is 11.3. The molecule has 0 aliphatic heterocycles. The van der Waals surface area contributed by atoms with E-state index in [9.17, 15) is 0 Å². The smallest absolute Gasteiger partial charge is 0.171 e. The molecule has 0 saturated heterocycles. The fraction of sp³-hybridized carbons (Fsp3) is 0.300. The minimum atomic E-state index is 0.216. The number of nitrogens with zero attached hydrogens (tertiary/aromatic N) is 4. The molecule has 1 heterocycles. The molecule has 7 heteroatoms. The van der Waals surface area contributed by atoms with Crippen LogP contribution in [0.4, 0.5) is 0 Å². The summed E-state index contributed by atoms with van der Waals surface area (Å²) in [5.74, 6) is 2.09. The Balaban J connectivity index is 2.56. The Morgan fingerprint density at radius 1 is 1.29 bits per heavy atom. The lowest BCUT2D eigenvalue weighted by Crippen LogP contribution is -2.04. The Labute approximate surface area is 103 Å². The zero-order valence-corrected chi connectivity index (χ0v) is 10.2. The summed E-state index contributed by atoms with van der Waals surface area (Å²) in [4.78, 5) is 0. The van der Waals surface area contributed by atoms with Gasteiger partial charge in [0.15, 0.2) is 5.82 Å². The van der Waals surface area contributed by atoms with Gasteiger partial charge in [-0.05, 0) is 22.6 Å². The summed E-state index contributed by atoms with van der Waals surface area (Å²) in [6.45, 7) is 0. The summed E-state index contributed by atoms with van der Waals surface area (Å²) in [6.07, 6.45) is 0. The second-order valence-electron chi connectivity index (χ2n) is 3.18. The number of rotatable bonds is 4. The SMILES string of the molecule is COc1ccc(OC)c(-n2nnnc2CCl)c1. The second kappa shape index (κ2) is 5.01. The number of alkyl halides is 1. The normalized spacial score (nSPS) is 10.3. The molecule has 1 aromatic carbocycles. The first kappa shape index (κ1) is 11.7. The van der Waals surface area contributed by atoms with Crippen molar-refractivity contribution in [1.82, 2.24) is 20.2 Å². The summed E-state index contributed by atoms with van der Waals surface area (Å²) in [6, 6.07) is 5.37. The van der Waals surface area contributed by atoms with Crippen molar-refractivity contribution in [1.29, 1.82) is 0 Å². The Hall–Kier alpha value is -1.82. The molecule has 0 spiro atoms. The predicted molar refractivity (Wildman–Crippen MR) is 61.8 cm³/mol. The molecule has 0 amide bonds. The van der Waals surface area contributed by atoms with Crippen molar-refractivity contribution in [2.75, 3.05) is 14.2 Å². The van der Waals surface area contributed by atoms with Crippen LogP contribution in [-0.2, 0) is 5.88 Å². The lowest BCUT2D eigenvalue weighted by molar-refractivity contribution is 0.400. The van der Waals surface area contributed by atoms with Gasteiger partial charge in [-0.15, -0.1) is 16.7 Å². The topological polar surface area (TPSA) is 62.1 Å². The van der Waals surface area contributed by atoms with Crippen molar-refractivity contribution in [3.8, 4) is 17.2 Å². The molecule has 0 atom stereocenters. The van der Waals surface area contributed by atoms with Crippen LogP contribution in [-0.4, -0.2) is 34.4 Å². The van der Waals surface area contributed by atoms with Crippen molar-refractivity contribution in [2.45, 2.75) is 5.88 Å². The highest BCUT2D eigenvalue weighted by Crippen LogP contribution is 2.27. The largest absolute Gasteiger partial charge is 0.497 e. The van der Waals surface area contributed by atoms with Gasteiger partial charge in [-0.25, -0.2) is 0 Å². The molecular formula is C10H11ClN4O2. The van der Waals surface area contributed by atoms with Gasteiger partial charge in [-0.2, -0.15) is 4.68 Å². The van der Waals surface area contributed by atoms with E-state index in [2.05, 4.69) is 15.5 Å². The van der Waals surface area contributed by atoms with Crippen molar-refractivity contribution >= 4 is 11.6 Å². The molecule has 6 nitrogen and oxygen atoms in total.